The fourth-order valence-electron chi connectivity index (χ4n) is 1.58. The van der Waals surface area contributed by atoms with Crippen molar-refractivity contribution >= 4 is 17.4 Å². The molecular formula is C10H13N7OS. The fraction of sp³-hybridized carbons (Fsp3) is 0.500. The van der Waals surface area contributed by atoms with E-state index in [1.807, 2.05) is 11.6 Å². The molecule has 0 radical (unpaired) electrons. The lowest BCUT2D eigenvalue weighted by molar-refractivity contribution is 0.327. The average Bonchev–Trinajstić information content (AvgIpc) is 3.15. The van der Waals surface area contributed by atoms with E-state index in [0.717, 1.165) is 12.8 Å². The second-order valence-electron chi connectivity index (χ2n) is 4.07. The van der Waals surface area contributed by atoms with E-state index in [2.05, 4.69) is 25.5 Å². The van der Waals surface area contributed by atoms with Crippen LogP contribution in [0.3, 0.4) is 0 Å². The van der Waals surface area contributed by atoms with Gasteiger partial charge in [-0.1, -0.05) is 0 Å². The molecule has 1 fully saturated rings. The predicted octanol–water partition coefficient (Wildman–Crippen LogP) is 0.930. The molecule has 2 aromatic rings. The summed E-state index contributed by atoms with van der Waals surface area (Å²) in [5.41, 5.74) is 6.40. The Labute approximate surface area is 113 Å². The van der Waals surface area contributed by atoms with Crippen molar-refractivity contribution < 1.29 is 4.74 Å². The standard InChI is InChI=1S/C10H13N7OS/c1-2-18-8-7(11)9(13-5-12-8)19-10-14-15-16-17(10)6-3-4-6/h5-6H,2-4,11H2,1H3. The molecule has 100 valence electrons. The number of nitrogen functional groups attached to an aromatic ring is 1. The van der Waals surface area contributed by atoms with Crippen molar-refractivity contribution in [1.29, 1.82) is 0 Å². The molecule has 0 bridgehead atoms. The van der Waals surface area contributed by atoms with Crippen molar-refractivity contribution in [2.75, 3.05) is 12.3 Å². The van der Waals surface area contributed by atoms with Crippen LogP contribution in [0.2, 0.25) is 0 Å². The summed E-state index contributed by atoms with van der Waals surface area (Å²) in [4.78, 5) is 8.15. The number of aromatic nitrogens is 6. The molecule has 19 heavy (non-hydrogen) atoms. The van der Waals surface area contributed by atoms with Crippen LogP contribution < -0.4 is 10.5 Å². The average molecular weight is 279 g/mol. The first-order valence-electron chi connectivity index (χ1n) is 5.98. The highest BCUT2D eigenvalue weighted by molar-refractivity contribution is 7.99. The molecule has 0 aliphatic heterocycles. The van der Waals surface area contributed by atoms with Crippen LogP contribution in [-0.2, 0) is 0 Å². The van der Waals surface area contributed by atoms with E-state index in [0.29, 0.717) is 34.4 Å². The first-order valence-corrected chi connectivity index (χ1v) is 6.80. The summed E-state index contributed by atoms with van der Waals surface area (Å²) >= 11 is 1.33. The Morgan fingerprint density at radius 1 is 1.47 bits per heavy atom. The molecule has 0 spiro atoms. The van der Waals surface area contributed by atoms with Crippen molar-refractivity contribution in [2.24, 2.45) is 0 Å². The minimum atomic E-state index is 0.394. The van der Waals surface area contributed by atoms with Crippen LogP contribution in [0.5, 0.6) is 5.88 Å². The molecule has 0 amide bonds. The zero-order valence-corrected chi connectivity index (χ0v) is 11.2. The molecule has 1 aliphatic rings. The van der Waals surface area contributed by atoms with Crippen LogP contribution in [-0.4, -0.2) is 36.8 Å². The van der Waals surface area contributed by atoms with Gasteiger partial charge >= 0.3 is 0 Å². The normalized spacial score (nSPS) is 14.6. The number of tetrazole rings is 1. The summed E-state index contributed by atoms with van der Waals surface area (Å²) in [5, 5.41) is 13.0. The van der Waals surface area contributed by atoms with Gasteiger partial charge in [-0.05, 0) is 42.0 Å². The van der Waals surface area contributed by atoms with Crippen molar-refractivity contribution in [3.05, 3.63) is 6.33 Å². The Hall–Kier alpha value is -1.90. The third-order valence-corrected chi connectivity index (χ3v) is 3.61. The Bertz CT molecular complexity index is 583. The van der Waals surface area contributed by atoms with Gasteiger partial charge in [0.2, 0.25) is 11.0 Å². The van der Waals surface area contributed by atoms with Gasteiger partial charge in [0.1, 0.15) is 17.0 Å². The third kappa shape index (κ3) is 2.46. The number of nitrogens with two attached hydrogens (primary N) is 1. The summed E-state index contributed by atoms with van der Waals surface area (Å²) < 4.78 is 7.15. The van der Waals surface area contributed by atoms with Gasteiger partial charge in [0.05, 0.1) is 12.6 Å². The Morgan fingerprint density at radius 2 is 2.32 bits per heavy atom. The molecule has 1 aliphatic carbocycles. The monoisotopic (exact) mass is 279 g/mol. The Balaban J connectivity index is 1.86. The van der Waals surface area contributed by atoms with Gasteiger partial charge in [-0.3, -0.25) is 0 Å². The van der Waals surface area contributed by atoms with Gasteiger partial charge in [0.15, 0.2) is 0 Å². The topological polar surface area (TPSA) is 105 Å². The molecule has 9 heteroatoms. The smallest absolute Gasteiger partial charge is 0.241 e. The lowest BCUT2D eigenvalue weighted by Crippen LogP contribution is -2.03. The number of ether oxygens (including phenoxy) is 1. The Morgan fingerprint density at radius 3 is 3.05 bits per heavy atom. The molecule has 1 saturated carbocycles. The van der Waals surface area contributed by atoms with Gasteiger partial charge in [-0.25, -0.2) is 9.67 Å². The third-order valence-electron chi connectivity index (χ3n) is 2.64. The summed E-state index contributed by atoms with van der Waals surface area (Å²) in [6.07, 6.45) is 3.65. The molecule has 2 heterocycles. The molecule has 0 atom stereocenters. The fourth-order valence-corrected chi connectivity index (χ4v) is 2.41. The minimum absolute atomic E-state index is 0.394. The number of rotatable bonds is 5. The Kier molecular flexibility index (Phi) is 3.20. The van der Waals surface area contributed by atoms with E-state index in [1.165, 1.54) is 18.1 Å². The molecule has 0 unspecified atom stereocenters. The number of nitrogens with zero attached hydrogens (tertiary/aromatic N) is 6. The van der Waals surface area contributed by atoms with Crippen LogP contribution in [0, 0.1) is 0 Å². The van der Waals surface area contributed by atoms with Crippen LogP contribution >= 0.6 is 11.8 Å². The second-order valence-corrected chi connectivity index (χ2v) is 5.03. The first-order chi connectivity index (χ1) is 9.29. The van der Waals surface area contributed by atoms with E-state index in [9.17, 15) is 0 Å². The lowest BCUT2D eigenvalue weighted by atomic mass is 10.5. The zero-order valence-electron chi connectivity index (χ0n) is 10.4. The predicted molar refractivity (Wildman–Crippen MR) is 67.8 cm³/mol. The van der Waals surface area contributed by atoms with E-state index in [4.69, 9.17) is 10.5 Å². The summed E-state index contributed by atoms with van der Waals surface area (Å²) in [7, 11) is 0. The largest absolute Gasteiger partial charge is 0.476 e. The molecule has 2 N–H and O–H groups in total. The van der Waals surface area contributed by atoms with Gasteiger partial charge in [0.25, 0.3) is 0 Å². The highest BCUT2D eigenvalue weighted by atomic mass is 32.2. The first kappa shape index (κ1) is 12.2. The number of hydrogen-bond acceptors (Lipinski definition) is 8. The van der Waals surface area contributed by atoms with Crippen LogP contribution in [0.15, 0.2) is 16.5 Å². The van der Waals surface area contributed by atoms with Gasteiger partial charge < -0.3 is 10.5 Å². The van der Waals surface area contributed by atoms with Crippen LogP contribution in [0.25, 0.3) is 0 Å². The zero-order chi connectivity index (χ0) is 13.2. The molecule has 0 saturated heterocycles. The number of anilines is 1. The summed E-state index contributed by atoms with van der Waals surface area (Å²) in [6.45, 7) is 2.38. The van der Waals surface area contributed by atoms with E-state index >= 15 is 0 Å². The highest BCUT2D eigenvalue weighted by Gasteiger charge is 2.28. The maximum Gasteiger partial charge on any atom is 0.241 e. The van der Waals surface area contributed by atoms with Gasteiger partial charge in [-0.2, -0.15) is 4.98 Å². The highest BCUT2D eigenvalue weighted by Crippen LogP contribution is 2.39. The van der Waals surface area contributed by atoms with E-state index < -0.39 is 0 Å². The summed E-state index contributed by atoms with van der Waals surface area (Å²) in [5.74, 6) is 0.394. The van der Waals surface area contributed by atoms with E-state index in [1.54, 1.807) is 0 Å². The maximum atomic E-state index is 5.98. The molecular weight excluding hydrogens is 266 g/mol. The van der Waals surface area contributed by atoms with Gasteiger partial charge in [-0.15, -0.1) is 5.10 Å². The lowest BCUT2D eigenvalue weighted by Gasteiger charge is -2.08. The second kappa shape index (κ2) is 5.00. The van der Waals surface area contributed by atoms with Gasteiger partial charge in [0, 0.05) is 0 Å². The van der Waals surface area contributed by atoms with Crippen molar-refractivity contribution in [1.82, 2.24) is 30.2 Å². The van der Waals surface area contributed by atoms with Crippen LogP contribution in [0.1, 0.15) is 25.8 Å². The molecule has 3 rings (SSSR count). The van der Waals surface area contributed by atoms with Crippen molar-refractivity contribution in [3.63, 3.8) is 0 Å². The maximum absolute atomic E-state index is 5.98. The van der Waals surface area contributed by atoms with E-state index in [-0.39, 0.29) is 0 Å². The number of hydrogen-bond donors (Lipinski definition) is 1. The summed E-state index contributed by atoms with van der Waals surface area (Å²) in [6, 6.07) is 0.409. The van der Waals surface area contributed by atoms with Crippen molar-refractivity contribution in [2.45, 2.75) is 36.0 Å². The molecule has 2 aromatic heterocycles. The van der Waals surface area contributed by atoms with Crippen LogP contribution in [0.4, 0.5) is 5.69 Å². The molecule has 8 nitrogen and oxygen atoms in total. The molecule has 0 aromatic carbocycles. The minimum Gasteiger partial charge on any atom is -0.476 e. The quantitative estimate of drug-likeness (QED) is 0.806. The SMILES string of the molecule is CCOc1ncnc(Sc2nnnn2C2CC2)c1N. The van der Waals surface area contributed by atoms with Crippen molar-refractivity contribution in [3.8, 4) is 5.88 Å².